The Morgan fingerprint density at radius 3 is 3.00 bits per heavy atom. The van der Waals surface area contributed by atoms with Gasteiger partial charge >= 0.3 is 0 Å². The highest BCUT2D eigenvalue weighted by Gasteiger charge is 2.07. The number of pyridine rings is 1. The number of aromatic nitrogens is 1. The molecule has 0 fully saturated rings. The molecule has 2 aromatic rings. The maximum Gasteiger partial charge on any atom is 0.141 e. The molecule has 0 atom stereocenters. The number of hydrogen-bond donors (Lipinski definition) is 1. The highest BCUT2D eigenvalue weighted by molar-refractivity contribution is 9.10. The van der Waals surface area contributed by atoms with Crippen LogP contribution in [-0.4, -0.2) is 4.98 Å². The van der Waals surface area contributed by atoms with Gasteiger partial charge in [-0.3, -0.25) is 0 Å². The van der Waals surface area contributed by atoms with Gasteiger partial charge in [-0.1, -0.05) is 0 Å². The molecule has 2 aromatic heterocycles. The molecule has 0 amide bonds. The molecule has 0 unspecified atom stereocenters. The summed E-state index contributed by atoms with van der Waals surface area (Å²) in [4.78, 5) is 4.06. The van der Waals surface area contributed by atoms with Crippen molar-refractivity contribution < 1.29 is 0 Å². The molecule has 0 spiro atoms. The van der Waals surface area contributed by atoms with Crippen LogP contribution in [0.2, 0.25) is 0 Å². The number of rotatable bonds is 0. The average molecular weight is 243 g/mol. The number of fused-ring (bicyclic) bond motifs is 1. The van der Waals surface area contributed by atoms with E-state index in [0.29, 0.717) is 5.82 Å². The summed E-state index contributed by atoms with van der Waals surface area (Å²) >= 11 is 5.09. The lowest BCUT2D eigenvalue weighted by Gasteiger charge is -1.97. The molecule has 62 valence electrons. The third-order valence-electron chi connectivity index (χ3n) is 1.76. The quantitative estimate of drug-likeness (QED) is 0.772. The topological polar surface area (TPSA) is 38.9 Å². The Labute approximate surface area is 82.5 Å². The molecule has 0 aliphatic carbocycles. The lowest BCUT2D eigenvalue weighted by Crippen LogP contribution is -1.89. The molecular formula is C8H7BrN2S. The number of nitrogen functional groups attached to an aromatic ring is 1. The molecule has 2 nitrogen and oxygen atoms in total. The van der Waals surface area contributed by atoms with Crippen molar-refractivity contribution in [2.45, 2.75) is 6.92 Å². The number of thiophene rings is 1. The maximum atomic E-state index is 5.72. The van der Waals surface area contributed by atoms with Crippen molar-refractivity contribution in [2.24, 2.45) is 0 Å². The Kier molecular flexibility index (Phi) is 1.81. The number of hydrogen-bond acceptors (Lipinski definition) is 3. The van der Waals surface area contributed by atoms with Gasteiger partial charge in [-0.05, 0) is 33.8 Å². The van der Waals surface area contributed by atoms with Crippen molar-refractivity contribution >= 4 is 43.2 Å². The second kappa shape index (κ2) is 2.71. The molecule has 0 aliphatic rings. The molecule has 0 radical (unpaired) electrons. The van der Waals surface area contributed by atoms with Gasteiger partial charge in [0, 0.05) is 16.1 Å². The molecule has 0 saturated carbocycles. The van der Waals surface area contributed by atoms with Gasteiger partial charge in [-0.2, -0.15) is 0 Å². The summed E-state index contributed by atoms with van der Waals surface area (Å²) in [6.45, 7) is 2.07. The van der Waals surface area contributed by atoms with Crippen molar-refractivity contribution in [2.75, 3.05) is 5.73 Å². The van der Waals surface area contributed by atoms with Crippen LogP contribution < -0.4 is 5.73 Å². The molecule has 0 aromatic carbocycles. The SMILES string of the molecule is Cc1csc2c(N)ncc(Br)c12. The molecule has 2 heterocycles. The van der Waals surface area contributed by atoms with E-state index in [1.165, 1.54) is 10.9 Å². The van der Waals surface area contributed by atoms with E-state index in [0.717, 1.165) is 9.17 Å². The second-order valence-electron chi connectivity index (χ2n) is 2.61. The van der Waals surface area contributed by atoms with Gasteiger partial charge in [0.15, 0.2) is 0 Å². The molecule has 4 heteroatoms. The minimum absolute atomic E-state index is 0.617. The van der Waals surface area contributed by atoms with Gasteiger partial charge in [0.05, 0.1) is 4.70 Å². The third-order valence-corrected chi connectivity index (χ3v) is 3.49. The van der Waals surface area contributed by atoms with E-state index in [4.69, 9.17) is 5.73 Å². The van der Waals surface area contributed by atoms with E-state index < -0.39 is 0 Å². The van der Waals surface area contributed by atoms with Crippen LogP contribution in [0.4, 0.5) is 5.82 Å². The fourth-order valence-corrected chi connectivity index (χ4v) is 2.90. The van der Waals surface area contributed by atoms with Crippen molar-refractivity contribution in [3.8, 4) is 0 Å². The molecule has 2 N–H and O–H groups in total. The fourth-order valence-electron chi connectivity index (χ4n) is 1.18. The summed E-state index contributed by atoms with van der Waals surface area (Å²) < 4.78 is 2.09. The van der Waals surface area contributed by atoms with Gasteiger partial charge in [0.25, 0.3) is 0 Å². The first-order valence-electron chi connectivity index (χ1n) is 3.48. The van der Waals surface area contributed by atoms with E-state index in [2.05, 4.69) is 33.2 Å². The summed E-state index contributed by atoms with van der Waals surface area (Å²) in [7, 11) is 0. The molecule has 12 heavy (non-hydrogen) atoms. The van der Waals surface area contributed by atoms with Crippen LogP contribution in [-0.2, 0) is 0 Å². The average Bonchev–Trinajstić information content (AvgIpc) is 2.42. The second-order valence-corrected chi connectivity index (χ2v) is 4.35. The number of aryl methyl sites for hydroxylation is 1. The first kappa shape index (κ1) is 8.01. The van der Waals surface area contributed by atoms with Crippen LogP contribution in [0.1, 0.15) is 5.56 Å². The van der Waals surface area contributed by atoms with Gasteiger partial charge in [0.1, 0.15) is 5.82 Å². The summed E-state index contributed by atoms with van der Waals surface area (Å²) in [6.07, 6.45) is 1.75. The Morgan fingerprint density at radius 1 is 1.58 bits per heavy atom. The van der Waals surface area contributed by atoms with Gasteiger partial charge in [0.2, 0.25) is 0 Å². The standard InChI is InChI=1S/C8H7BrN2S/c1-4-3-12-7-6(4)5(9)2-11-8(7)10/h2-3H,1H3,(H2,10,11). The monoisotopic (exact) mass is 242 g/mol. The van der Waals surface area contributed by atoms with Gasteiger partial charge in [-0.25, -0.2) is 4.98 Å². The summed E-state index contributed by atoms with van der Waals surface area (Å²) in [5, 5.41) is 3.28. The zero-order valence-corrected chi connectivity index (χ0v) is 8.87. The minimum atomic E-state index is 0.617. The summed E-state index contributed by atoms with van der Waals surface area (Å²) in [5.74, 6) is 0.617. The zero-order valence-electron chi connectivity index (χ0n) is 6.47. The van der Waals surface area contributed by atoms with Gasteiger partial charge in [-0.15, -0.1) is 11.3 Å². The molecule has 0 bridgehead atoms. The third kappa shape index (κ3) is 1.03. The Balaban J connectivity index is 2.98. The number of anilines is 1. The van der Waals surface area contributed by atoms with E-state index in [-0.39, 0.29) is 0 Å². The van der Waals surface area contributed by atoms with Crippen molar-refractivity contribution in [3.05, 3.63) is 21.6 Å². The van der Waals surface area contributed by atoms with Crippen LogP contribution in [0.15, 0.2) is 16.0 Å². The minimum Gasteiger partial charge on any atom is -0.383 e. The summed E-state index contributed by atoms with van der Waals surface area (Å²) in [5.41, 5.74) is 6.96. The van der Waals surface area contributed by atoms with Crippen molar-refractivity contribution in [3.63, 3.8) is 0 Å². The van der Waals surface area contributed by atoms with Crippen LogP contribution in [0.25, 0.3) is 10.1 Å². The van der Waals surface area contributed by atoms with E-state index in [1.54, 1.807) is 17.5 Å². The number of nitrogens with two attached hydrogens (primary N) is 1. The predicted molar refractivity (Wildman–Crippen MR) is 56.5 cm³/mol. The van der Waals surface area contributed by atoms with Gasteiger partial charge < -0.3 is 5.73 Å². The molecule has 2 rings (SSSR count). The Morgan fingerprint density at radius 2 is 2.33 bits per heavy atom. The van der Waals surface area contributed by atoms with Crippen molar-refractivity contribution in [1.29, 1.82) is 0 Å². The number of halogens is 1. The normalized spacial score (nSPS) is 10.8. The molecule has 0 aliphatic heterocycles. The smallest absolute Gasteiger partial charge is 0.141 e. The van der Waals surface area contributed by atoms with E-state index in [1.807, 2.05) is 0 Å². The fraction of sp³-hybridized carbons (Fsp3) is 0.125. The molecular weight excluding hydrogens is 236 g/mol. The van der Waals surface area contributed by atoms with E-state index in [9.17, 15) is 0 Å². The first-order valence-corrected chi connectivity index (χ1v) is 5.15. The number of nitrogens with zero attached hydrogens (tertiary/aromatic N) is 1. The van der Waals surface area contributed by atoms with Crippen LogP contribution in [0.5, 0.6) is 0 Å². The Hall–Kier alpha value is -0.610. The highest BCUT2D eigenvalue weighted by atomic mass is 79.9. The molecule has 0 saturated heterocycles. The zero-order chi connectivity index (χ0) is 8.72. The van der Waals surface area contributed by atoms with Crippen molar-refractivity contribution in [1.82, 2.24) is 4.98 Å². The van der Waals surface area contributed by atoms with Crippen LogP contribution >= 0.6 is 27.3 Å². The predicted octanol–water partition coefficient (Wildman–Crippen LogP) is 2.95. The van der Waals surface area contributed by atoms with Crippen LogP contribution in [0.3, 0.4) is 0 Å². The summed E-state index contributed by atoms with van der Waals surface area (Å²) in [6, 6.07) is 0. The highest BCUT2D eigenvalue weighted by Crippen LogP contribution is 2.34. The van der Waals surface area contributed by atoms with Crippen LogP contribution in [0, 0.1) is 6.92 Å². The lowest BCUT2D eigenvalue weighted by atomic mass is 10.2. The van der Waals surface area contributed by atoms with E-state index >= 15 is 0 Å². The lowest BCUT2D eigenvalue weighted by molar-refractivity contribution is 1.36. The Bertz CT molecular complexity index is 436. The largest absolute Gasteiger partial charge is 0.383 e. The maximum absolute atomic E-state index is 5.72. The first-order chi connectivity index (χ1) is 5.70.